The summed E-state index contributed by atoms with van der Waals surface area (Å²) in [6, 6.07) is 9.87. The predicted molar refractivity (Wildman–Crippen MR) is 73.8 cm³/mol. The molecule has 2 aromatic rings. The van der Waals surface area contributed by atoms with Gasteiger partial charge in [0.15, 0.2) is 5.69 Å². The van der Waals surface area contributed by atoms with E-state index in [2.05, 4.69) is 16.4 Å². The summed E-state index contributed by atoms with van der Waals surface area (Å²) in [5.41, 5.74) is 2.32. The van der Waals surface area contributed by atoms with Crippen molar-refractivity contribution in [2.75, 3.05) is 6.61 Å². The van der Waals surface area contributed by atoms with Crippen molar-refractivity contribution in [3.05, 3.63) is 35.7 Å². The minimum absolute atomic E-state index is 0.409. The van der Waals surface area contributed by atoms with Gasteiger partial charge in [0, 0.05) is 5.92 Å². The molecule has 102 valence electrons. The van der Waals surface area contributed by atoms with Crippen molar-refractivity contribution >= 4 is 0 Å². The van der Waals surface area contributed by atoms with Crippen LogP contribution in [0, 0.1) is 11.3 Å². The number of ether oxygens (including phenoxy) is 1. The number of rotatable bonds is 4. The molecule has 1 aromatic heterocycles. The SMILES string of the molecule is CCOc1ccc(-n2nnc(C#N)c2C2CCC2)cc1. The number of aromatic nitrogens is 3. The highest BCUT2D eigenvalue weighted by Gasteiger charge is 2.28. The van der Waals surface area contributed by atoms with Gasteiger partial charge in [-0.2, -0.15) is 5.26 Å². The molecule has 0 saturated heterocycles. The molecule has 5 heteroatoms. The maximum atomic E-state index is 9.18. The van der Waals surface area contributed by atoms with Crippen LogP contribution in [0.1, 0.15) is 43.5 Å². The van der Waals surface area contributed by atoms with Crippen molar-refractivity contribution in [3.63, 3.8) is 0 Å². The molecule has 0 bridgehead atoms. The second kappa shape index (κ2) is 5.33. The number of hydrogen-bond donors (Lipinski definition) is 0. The van der Waals surface area contributed by atoms with E-state index in [0.717, 1.165) is 30.0 Å². The molecule has 0 radical (unpaired) electrons. The van der Waals surface area contributed by atoms with Gasteiger partial charge >= 0.3 is 0 Å². The summed E-state index contributed by atoms with van der Waals surface area (Å²) in [5.74, 6) is 1.24. The number of nitrogens with zero attached hydrogens (tertiary/aromatic N) is 4. The van der Waals surface area contributed by atoms with Crippen molar-refractivity contribution < 1.29 is 4.74 Å². The van der Waals surface area contributed by atoms with Crippen LogP contribution >= 0.6 is 0 Å². The van der Waals surface area contributed by atoms with Crippen molar-refractivity contribution in [1.82, 2.24) is 15.0 Å². The molecule has 0 spiro atoms. The summed E-state index contributed by atoms with van der Waals surface area (Å²) in [5, 5.41) is 17.3. The van der Waals surface area contributed by atoms with Gasteiger partial charge in [-0.3, -0.25) is 0 Å². The summed E-state index contributed by atoms with van der Waals surface area (Å²) in [6.07, 6.45) is 3.43. The van der Waals surface area contributed by atoms with Crippen LogP contribution in [0.5, 0.6) is 5.75 Å². The van der Waals surface area contributed by atoms with Crippen LogP contribution in [0.4, 0.5) is 0 Å². The zero-order valence-electron chi connectivity index (χ0n) is 11.4. The maximum Gasteiger partial charge on any atom is 0.186 e. The normalized spacial score (nSPS) is 14.6. The van der Waals surface area contributed by atoms with Gasteiger partial charge in [0.05, 0.1) is 18.0 Å². The van der Waals surface area contributed by atoms with E-state index in [9.17, 15) is 5.26 Å². The van der Waals surface area contributed by atoms with Crippen LogP contribution in [-0.4, -0.2) is 21.6 Å². The summed E-state index contributed by atoms with van der Waals surface area (Å²) in [7, 11) is 0. The van der Waals surface area contributed by atoms with Gasteiger partial charge in [0.1, 0.15) is 11.8 Å². The number of hydrogen-bond acceptors (Lipinski definition) is 4. The Labute approximate surface area is 117 Å². The molecule has 0 aliphatic heterocycles. The molecule has 0 amide bonds. The fourth-order valence-corrected chi connectivity index (χ4v) is 2.46. The molecule has 1 heterocycles. The zero-order valence-corrected chi connectivity index (χ0v) is 11.4. The highest BCUT2D eigenvalue weighted by Crippen LogP contribution is 2.38. The van der Waals surface area contributed by atoms with E-state index in [4.69, 9.17) is 4.74 Å². The Hall–Kier alpha value is -2.35. The van der Waals surface area contributed by atoms with Crippen LogP contribution < -0.4 is 4.74 Å². The minimum Gasteiger partial charge on any atom is -0.494 e. The minimum atomic E-state index is 0.409. The van der Waals surface area contributed by atoms with E-state index in [1.54, 1.807) is 4.68 Å². The fraction of sp³-hybridized carbons (Fsp3) is 0.400. The average Bonchev–Trinajstić information content (AvgIpc) is 2.82. The molecule has 1 saturated carbocycles. The van der Waals surface area contributed by atoms with Crippen molar-refractivity contribution in [3.8, 4) is 17.5 Å². The first-order valence-electron chi connectivity index (χ1n) is 6.92. The van der Waals surface area contributed by atoms with E-state index in [-0.39, 0.29) is 0 Å². The van der Waals surface area contributed by atoms with Crippen LogP contribution in [0.3, 0.4) is 0 Å². The first-order chi connectivity index (χ1) is 9.83. The van der Waals surface area contributed by atoms with Gasteiger partial charge in [0.25, 0.3) is 0 Å². The summed E-state index contributed by atoms with van der Waals surface area (Å²) in [6.45, 7) is 2.60. The Morgan fingerprint density at radius 1 is 1.35 bits per heavy atom. The smallest absolute Gasteiger partial charge is 0.186 e. The second-order valence-corrected chi connectivity index (χ2v) is 4.90. The third kappa shape index (κ3) is 2.14. The van der Waals surface area contributed by atoms with E-state index >= 15 is 0 Å². The molecular weight excluding hydrogens is 252 g/mol. The lowest BCUT2D eigenvalue weighted by Gasteiger charge is -2.25. The Balaban J connectivity index is 1.97. The molecule has 0 atom stereocenters. The predicted octanol–water partition coefficient (Wildman–Crippen LogP) is 2.81. The Bertz CT molecular complexity index is 635. The standard InChI is InChI=1S/C15H16N4O/c1-2-20-13-8-6-12(7-9-13)19-15(11-4-3-5-11)14(10-16)17-18-19/h6-9,11H,2-5H2,1H3. The average molecular weight is 268 g/mol. The van der Waals surface area contributed by atoms with Gasteiger partial charge in [-0.05, 0) is 44.0 Å². The molecule has 20 heavy (non-hydrogen) atoms. The maximum absolute atomic E-state index is 9.18. The first kappa shape index (κ1) is 12.7. The van der Waals surface area contributed by atoms with Gasteiger partial charge < -0.3 is 4.74 Å². The Kier molecular flexibility index (Phi) is 3.38. The summed E-state index contributed by atoms with van der Waals surface area (Å²) >= 11 is 0. The van der Waals surface area contributed by atoms with E-state index < -0.39 is 0 Å². The highest BCUT2D eigenvalue weighted by molar-refractivity contribution is 5.41. The topological polar surface area (TPSA) is 63.7 Å². The van der Waals surface area contributed by atoms with E-state index in [1.165, 1.54) is 6.42 Å². The van der Waals surface area contributed by atoms with Crippen molar-refractivity contribution in [1.29, 1.82) is 5.26 Å². The third-order valence-electron chi connectivity index (χ3n) is 3.70. The Morgan fingerprint density at radius 3 is 2.65 bits per heavy atom. The van der Waals surface area contributed by atoms with Gasteiger partial charge in [0.2, 0.25) is 0 Å². The molecule has 1 aliphatic carbocycles. The second-order valence-electron chi connectivity index (χ2n) is 4.90. The molecule has 1 fully saturated rings. The fourth-order valence-electron chi connectivity index (χ4n) is 2.46. The summed E-state index contributed by atoms with van der Waals surface area (Å²) < 4.78 is 7.23. The lowest BCUT2D eigenvalue weighted by molar-refractivity contribution is 0.340. The van der Waals surface area contributed by atoms with Crippen LogP contribution in [0.25, 0.3) is 5.69 Å². The van der Waals surface area contributed by atoms with Gasteiger partial charge in [-0.25, -0.2) is 4.68 Å². The van der Waals surface area contributed by atoms with Crippen LogP contribution in [0.15, 0.2) is 24.3 Å². The quantitative estimate of drug-likeness (QED) is 0.855. The molecule has 1 aliphatic rings. The highest BCUT2D eigenvalue weighted by atomic mass is 16.5. The van der Waals surface area contributed by atoms with Gasteiger partial charge in [-0.1, -0.05) is 11.6 Å². The third-order valence-corrected chi connectivity index (χ3v) is 3.70. The first-order valence-corrected chi connectivity index (χ1v) is 6.92. The van der Waals surface area contributed by atoms with Crippen LogP contribution in [0.2, 0.25) is 0 Å². The number of nitriles is 1. The van der Waals surface area contributed by atoms with Crippen LogP contribution in [-0.2, 0) is 0 Å². The molecular formula is C15H16N4O. The summed E-state index contributed by atoms with van der Waals surface area (Å²) in [4.78, 5) is 0. The van der Waals surface area contributed by atoms with Gasteiger partial charge in [-0.15, -0.1) is 5.10 Å². The lowest BCUT2D eigenvalue weighted by atomic mass is 9.82. The molecule has 3 rings (SSSR count). The molecule has 1 aromatic carbocycles. The van der Waals surface area contributed by atoms with E-state index in [0.29, 0.717) is 18.2 Å². The Morgan fingerprint density at radius 2 is 2.10 bits per heavy atom. The van der Waals surface area contributed by atoms with Crippen molar-refractivity contribution in [2.24, 2.45) is 0 Å². The monoisotopic (exact) mass is 268 g/mol. The van der Waals surface area contributed by atoms with E-state index in [1.807, 2.05) is 31.2 Å². The zero-order chi connectivity index (χ0) is 13.9. The molecule has 0 unspecified atom stereocenters. The lowest BCUT2D eigenvalue weighted by Crippen LogP contribution is -2.15. The van der Waals surface area contributed by atoms with Crippen molar-refractivity contribution in [2.45, 2.75) is 32.1 Å². The number of benzene rings is 1. The molecule has 0 N–H and O–H groups in total. The molecule has 5 nitrogen and oxygen atoms in total. The largest absolute Gasteiger partial charge is 0.494 e.